The van der Waals surface area contributed by atoms with Crippen molar-refractivity contribution in [2.45, 2.75) is 19.3 Å². The number of amides is 1. The van der Waals surface area contributed by atoms with Crippen molar-refractivity contribution in [2.75, 3.05) is 19.0 Å². The fourth-order valence-corrected chi connectivity index (χ4v) is 1.46. The summed E-state index contributed by atoms with van der Waals surface area (Å²) in [5.74, 6) is -1.65. The van der Waals surface area contributed by atoms with Gasteiger partial charge in [-0.1, -0.05) is 0 Å². The zero-order valence-electron chi connectivity index (χ0n) is 11.8. The van der Waals surface area contributed by atoms with Gasteiger partial charge in [-0.25, -0.2) is 0 Å². The van der Waals surface area contributed by atoms with E-state index in [4.69, 9.17) is 5.73 Å². The van der Waals surface area contributed by atoms with E-state index in [2.05, 4.69) is 19.5 Å². The molecule has 0 fully saturated rings. The lowest BCUT2D eigenvalue weighted by molar-refractivity contribution is -0.118. The van der Waals surface area contributed by atoms with Crippen LogP contribution in [0.4, 0.5) is 23.2 Å². The highest BCUT2D eigenvalue weighted by atomic mass is 35.5. The normalized spacial score (nSPS) is 11.8. The summed E-state index contributed by atoms with van der Waals surface area (Å²) < 4.78 is 61.8. The number of ether oxygens (including phenoxy) is 3. The molecule has 3 N–H and O–H groups in total. The summed E-state index contributed by atoms with van der Waals surface area (Å²) in [4.78, 5) is 11.7. The summed E-state index contributed by atoms with van der Waals surface area (Å²) in [6.45, 7) is -6.44. The Hall–Kier alpha value is -1.78. The lowest BCUT2D eigenvalue weighted by Gasteiger charge is -2.16. The van der Waals surface area contributed by atoms with Crippen LogP contribution >= 0.6 is 12.4 Å². The lowest BCUT2D eigenvalue weighted by Crippen LogP contribution is -2.39. The second-order valence-electron chi connectivity index (χ2n) is 3.97. The molecule has 0 spiro atoms. The summed E-state index contributed by atoms with van der Waals surface area (Å²) in [7, 11) is 1.33. The molecule has 0 saturated heterocycles. The van der Waals surface area contributed by atoms with Crippen molar-refractivity contribution in [1.82, 2.24) is 0 Å². The summed E-state index contributed by atoms with van der Waals surface area (Å²) in [6.07, 6.45) is 0. The molecule has 0 aliphatic heterocycles. The number of nitrogens with two attached hydrogens (primary N) is 1. The Morgan fingerprint density at radius 3 is 2.35 bits per heavy atom. The van der Waals surface area contributed by atoms with E-state index in [0.717, 1.165) is 18.2 Å². The molecule has 6 nitrogen and oxygen atoms in total. The lowest BCUT2D eigenvalue weighted by atomic mass is 10.2. The van der Waals surface area contributed by atoms with Gasteiger partial charge in [-0.05, 0) is 12.1 Å². The summed E-state index contributed by atoms with van der Waals surface area (Å²) in [5, 5.41) is 2.24. The first kappa shape index (κ1) is 21.2. The number of carbonyl (C=O) groups is 1. The average Bonchev–Trinajstić information content (AvgIpc) is 2.40. The fourth-order valence-electron chi connectivity index (χ4n) is 1.46. The third-order valence-corrected chi connectivity index (χ3v) is 2.34. The predicted molar refractivity (Wildman–Crippen MR) is 75.4 cm³/mol. The SMILES string of the molecule is COCC(N)C(=O)Nc1ccc(OC(F)F)cc1OC(F)F.Cl. The second-order valence-corrected chi connectivity index (χ2v) is 3.97. The molecule has 1 rings (SSSR count). The third kappa shape index (κ3) is 7.35. The molecular formula is C12H15ClF4N2O4. The van der Waals surface area contributed by atoms with Gasteiger partial charge < -0.3 is 25.3 Å². The molecule has 1 aromatic rings. The predicted octanol–water partition coefficient (Wildman–Crippen LogP) is 2.22. The largest absolute Gasteiger partial charge is 0.435 e. The molecule has 1 atom stereocenters. The minimum atomic E-state index is -3.22. The first-order chi connectivity index (χ1) is 10.3. The van der Waals surface area contributed by atoms with Crippen molar-refractivity contribution in [3.8, 4) is 11.5 Å². The van der Waals surface area contributed by atoms with Crippen molar-refractivity contribution in [2.24, 2.45) is 5.73 Å². The van der Waals surface area contributed by atoms with Gasteiger partial charge in [-0.3, -0.25) is 4.79 Å². The van der Waals surface area contributed by atoms with Crippen LogP contribution in [0.25, 0.3) is 0 Å². The molecule has 0 radical (unpaired) electrons. The van der Waals surface area contributed by atoms with Crippen LogP contribution in [-0.2, 0) is 9.53 Å². The molecule has 0 aromatic heterocycles. The average molecular weight is 363 g/mol. The van der Waals surface area contributed by atoms with Crippen LogP contribution in [0.15, 0.2) is 18.2 Å². The van der Waals surface area contributed by atoms with Gasteiger partial charge in [0, 0.05) is 13.2 Å². The maximum atomic E-state index is 12.3. The van der Waals surface area contributed by atoms with Crippen LogP contribution in [0.3, 0.4) is 0 Å². The van der Waals surface area contributed by atoms with Crippen molar-refractivity contribution in [3.05, 3.63) is 18.2 Å². The van der Waals surface area contributed by atoms with E-state index < -0.39 is 36.7 Å². The number of benzene rings is 1. The van der Waals surface area contributed by atoms with Crippen LogP contribution in [-0.4, -0.2) is 38.9 Å². The summed E-state index contributed by atoms with van der Waals surface area (Å²) in [6, 6.07) is 1.89. The molecule has 0 heterocycles. The number of alkyl halides is 4. The number of hydrogen-bond donors (Lipinski definition) is 2. The Morgan fingerprint density at radius 1 is 1.22 bits per heavy atom. The first-order valence-electron chi connectivity index (χ1n) is 5.92. The second kappa shape index (κ2) is 10.1. The van der Waals surface area contributed by atoms with Crippen molar-refractivity contribution >= 4 is 24.0 Å². The molecule has 1 amide bonds. The Labute approximate surface area is 135 Å². The van der Waals surface area contributed by atoms with Crippen LogP contribution in [0.2, 0.25) is 0 Å². The summed E-state index contributed by atoms with van der Waals surface area (Å²) >= 11 is 0. The number of carbonyl (C=O) groups excluding carboxylic acids is 1. The van der Waals surface area contributed by atoms with Gasteiger partial charge in [0.1, 0.15) is 11.8 Å². The maximum absolute atomic E-state index is 12.3. The maximum Gasteiger partial charge on any atom is 0.387 e. The van der Waals surface area contributed by atoms with Gasteiger partial charge in [-0.15, -0.1) is 12.4 Å². The highest BCUT2D eigenvalue weighted by Gasteiger charge is 2.18. The van der Waals surface area contributed by atoms with E-state index in [1.165, 1.54) is 7.11 Å². The van der Waals surface area contributed by atoms with E-state index >= 15 is 0 Å². The smallest absolute Gasteiger partial charge is 0.387 e. The van der Waals surface area contributed by atoms with Gasteiger partial charge in [0.05, 0.1) is 12.3 Å². The number of nitrogens with one attached hydrogen (secondary N) is 1. The molecule has 23 heavy (non-hydrogen) atoms. The fraction of sp³-hybridized carbons (Fsp3) is 0.417. The zero-order chi connectivity index (χ0) is 16.7. The number of methoxy groups -OCH3 is 1. The van der Waals surface area contributed by atoms with Crippen LogP contribution in [0.1, 0.15) is 0 Å². The Morgan fingerprint density at radius 2 is 1.83 bits per heavy atom. The van der Waals surface area contributed by atoms with E-state index in [1.807, 2.05) is 0 Å². The van der Waals surface area contributed by atoms with Gasteiger partial charge in [-0.2, -0.15) is 17.6 Å². The quantitative estimate of drug-likeness (QED) is 0.693. The van der Waals surface area contributed by atoms with E-state index in [9.17, 15) is 22.4 Å². The third-order valence-electron chi connectivity index (χ3n) is 2.34. The van der Waals surface area contributed by atoms with Gasteiger partial charge in [0.15, 0.2) is 5.75 Å². The Balaban J connectivity index is 0.00000484. The van der Waals surface area contributed by atoms with Gasteiger partial charge >= 0.3 is 13.2 Å². The monoisotopic (exact) mass is 362 g/mol. The molecule has 1 unspecified atom stereocenters. The standard InChI is InChI=1S/C12H14F4N2O4.ClH/c1-20-5-7(17)10(19)18-8-3-2-6(21-11(13)14)4-9(8)22-12(15)16;/h2-4,7,11-12H,5,17H2,1H3,(H,18,19);1H. The highest BCUT2D eigenvalue weighted by Crippen LogP contribution is 2.31. The molecule has 132 valence electrons. The van der Waals surface area contributed by atoms with Gasteiger partial charge in [0.2, 0.25) is 5.91 Å². The van der Waals surface area contributed by atoms with Gasteiger partial charge in [0.25, 0.3) is 0 Å². The molecular weight excluding hydrogens is 348 g/mol. The Bertz CT molecular complexity index is 508. The van der Waals surface area contributed by atoms with E-state index in [1.54, 1.807) is 0 Å². The van der Waals surface area contributed by atoms with E-state index in [-0.39, 0.29) is 24.7 Å². The van der Waals surface area contributed by atoms with E-state index in [0.29, 0.717) is 0 Å². The molecule has 0 aliphatic carbocycles. The first-order valence-corrected chi connectivity index (χ1v) is 5.92. The molecule has 11 heteroatoms. The molecule has 0 aliphatic rings. The van der Waals surface area contributed by atoms with Crippen molar-refractivity contribution in [1.29, 1.82) is 0 Å². The summed E-state index contributed by atoms with van der Waals surface area (Å²) in [5.41, 5.74) is 5.30. The Kier molecular flexibility index (Phi) is 9.30. The molecule has 0 saturated carbocycles. The number of rotatable bonds is 8. The number of anilines is 1. The van der Waals surface area contributed by atoms with Crippen LogP contribution in [0.5, 0.6) is 11.5 Å². The highest BCUT2D eigenvalue weighted by molar-refractivity contribution is 5.96. The van der Waals surface area contributed by atoms with Crippen LogP contribution in [0, 0.1) is 0 Å². The topological polar surface area (TPSA) is 82.8 Å². The number of halogens is 5. The number of hydrogen-bond acceptors (Lipinski definition) is 5. The van der Waals surface area contributed by atoms with Crippen LogP contribution < -0.4 is 20.5 Å². The minimum absolute atomic E-state index is 0. The minimum Gasteiger partial charge on any atom is -0.435 e. The molecule has 1 aromatic carbocycles. The van der Waals surface area contributed by atoms with Crippen molar-refractivity contribution < 1.29 is 36.6 Å². The zero-order valence-corrected chi connectivity index (χ0v) is 12.6. The van der Waals surface area contributed by atoms with Crippen molar-refractivity contribution in [3.63, 3.8) is 0 Å². The molecule has 0 bridgehead atoms.